The van der Waals surface area contributed by atoms with Crippen molar-refractivity contribution >= 4 is 46.4 Å². The van der Waals surface area contributed by atoms with E-state index in [2.05, 4.69) is 10.7 Å². The number of methoxy groups -OCH3 is 1. The van der Waals surface area contributed by atoms with Crippen LogP contribution in [0.3, 0.4) is 0 Å². The first kappa shape index (κ1) is 22.9. The SMILES string of the molecule is COc1ccccc1NC(=O)CC1C(=O)N(c2ccccc2)C(=S)N1NC(=O)c1ccccc1. The zero-order valence-electron chi connectivity index (χ0n) is 18.3. The van der Waals surface area contributed by atoms with Gasteiger partial charge in [0.05, 0.1) is 24.9 Å². The van der Waals surface area contributed by atoms with Crippen molar-refractivity contribution in [2.75, 3.05) is 17.3 Å². The van der Waals surface area contributed by atoms with Gasteiger partial charge in [-0.15, -0.1) is 0 Å². The Kier molecular flexibility index (Phi) is 6.84. The first-order valence-corrected chi connectivity index (χ1v) is 10.9. The van der Waals surface area contributed by atoms with Crippen LogP contribution in [0.5, 0.6) is 5.75 Å². The molecule has 172 valence electrons. The number of para-hydroxylation sites is 3. The van der Waals surface area contributed by atoms with Crippen molar-refractivity contribution in [2.45, 2.75) is 12.5 Å². The predicted octanol–water partition coefficient (Wildman–Crippen LogP) is 3.37. The number of rotatable bonds is 7. The van der Waals surface area contributed by atoms with Crippen LogP contribution in [0.25, 0.3) is 0 Å². The summed E-state index contributed by atoms with van der Waals surface area (Å²) >= 11 is 5.55. The number of benzene rings is 3. The van der Waals surface area contributed by atoms with Gasteiger partial charge in [0.25, 0.3) is 11.8 Å². The number of carbonyl (C=O) groups is 3. The van der Waals surface area contributed by atoms with Gasteiger partial charge in [0.1, 0.15) is 11.8 Å². The predicted molar refractivity (Wildman–Crippen MR) is 132 cm³/mol. The molecule has 3 aromatic carbocycles. The van der Waals surface area contributed by atoms with Crippen molar-refractivity contribution in [3.8, 4) is 5.75 Å². The molecule has 8 nitrogen and oxygen atoms in total. The van der Waals surface area contributed by atoms with Crippen LogP contribution in [0.2, 0.25) is 0 Å². The van der Waals surface area contributed by atoms with Gasteiger partial charge in [-0.3, -0.25) is 24.7 Å². The number of amides is 3. The maximum absolute atomic E-state index is 13.4. The third-order valence-electron chi connectivity index (χ3n) is 5.25. The van der Waals surface area contributed by atoms with E-state index in [4.69, 9.17) is 17.0 Å². The molecule has 0 aliphatic carbocycles. The first-order valence-electron chi connectivity index (χ1n) is 10.5. The van der Waals surface area contributed by atoms with E-state index < -0.39 is 23.8 Å². The lowest BCUT2D eigenvalue weighted by atomic mass is 10.1. The Hall–Kier alpha value is -4.24. The highest BCUT2D eigenvalue weighted by atomic mass is 32.1. The van der Waals surface area contributed by atoms with Crippen LogP contribution < -0.4 is 20.4 Å². The molecule has 9 heteroatoms. The summed E-state index contributed by atoms with van der Waals surface area (Å²) in [5, 5.41) is 4.13. The lowest BCUT2D eigenvalue weighted by Crippen LogP contribution is -2.49. The summed E-state index contributed by atoms with van der Waals surface area (Å²) in [6, 6.07) is 23.3. The van der Waals surface area contributed by atoms with Crippen LogP contribution in [0, 0.1) is 0 Å². The summed E-state index contributed by atoms with van der Waals surface area (Å²) in [5.74, 6) is -0.802. The highest BCUT2D eigenvalue weighted by molar-refractivity contribution is 7.80. The van der Waals surface area contributed by atoms with Gasteiger partial charge in [-0.05, 0) is 48.6 Å². The largest absolute Gasteiger partial charge is 0.495 e. The number of hydrazine groups is 1. The molecule has 0 spiro atoms. The van der Waals surface area contributed by atoms with Gasteiger partial charge in [0.2, 0.25) is 11.0 Å². The van der Waals surface area contributed by atoms with Crippen LogP contribution in [-0.2, 0) is 9.59 Å². The van der Waals surface area contributed by atoms with Gasteiger partial charge in [-0.25, -0.2) is 5.01 Å². The van der Waals surface area contributed by atoms with Crippen LogP contribution in [0.4, 0.5) is 11.4 Å². The number of anilines is 2. The second-order valence-electron chi connectivity index (χ2n) is 7.44. The number of hydrogen-bond acceptors (Lipinski definition) is 5. The van der Waals surface area contributed by atoms with Gasteiger partial charge in [-0.2, -0.15) is 0 Å². The Bertz CT molecular complexity index is 1220. The van der Waals surface area contributed by atoms with Gasteiger partial charge >= 0.3 is 0 Å². The second kappa shape index (κ2) is 10.1. The molecule has 34 heavy (non-hydrogen) atoms. The third-order valence-corrected chi connectivity index (χ3v) is 5.63. The van der Waals surface area contributed by atoms with Crippen molar-refractivity contribution in [1.82, 2.24) is 10.4 Å². The quantitative estimate of drug-likeness (QED) is 0.511. The lowest BCUT2D eigenvalue weighted by molar-refractivity contribution is -0.124. The van der Waals surface area contributed by atoms with E-state index in [9.17, 15) is 14.4 Å². The molecule has 2 N–H and O–H groups in total. The molecule has 1 saturated heterocycles. The Morgan fingerprint density at radius 1 is 0.941 bits per heavy atom. The summed E-state index contributed by atoms with van der Waals surface area (Å²) in [7, 11) is 1.50. The number of ether oxygens (including phenoxy) is 1. The fraction of sp³-hybridized carbons (Fsp3) is 0.120. The zero-order valence-corrected chi connectivity index (χ0v) is 19.1. The summed E-state index contributed by atoms with van der Waals surface area (Å²) in [4.78, 5) is 40.5. The zero-order chi connectivity index (χ0) is 24.1. The van der Waals surface area contributed by atoms with Gasteiger partial charge in [0.15, 0.2) is 0 Å². The van der Waals surface area contributed by atoms with Crippen molar-refractivity contribution in [1.29, 1.82) is 0 Å². The molecule has 0 saturated carbocycles. The van der Waals surface area contributed by atoms with E-state index in [-0.39, 0.29) is 11.5 Å². The van der Waals surface area contributed by atoms with E-state index in [0.29, 0.717) is 22.7 Å². The topological polar surface area (TPSA) is 91.0 Å². The van der Waals surface area contributed by atoms with Gasteiger partial charge in [0, 0.05) is 5.56 Å². The van der Waals surface area contributed by atoms with E-state index in [1.165, 1.54) is 17.0 Å². The molecule has 1 heterocycles. The standard InChI is InChI=1S/C25H22N4O4S/c1-33-21-15-9-8-14-19(21)26-22(30)16-20-24(32)28(18-12-6-3-7-13-18)25(34)29(20)27-23(31)17-10-4-2-5-11-17/h2-15,20H,16H2,1H3,(H,26,30)(H,27,31). The fourth-order valence-electron chi connectivity index (χ4n) is 3.60. The van der Waals surface area contributed by atoms with Crippen LogP contribution in [0.1, 0.15) is 16.8 Å². The second-order valence-corrected chi connectivity index (χ2v) is 7.80. The molecule has 0 radical (unpaired) electrons. The lowest BCUT2D eigenvalue weighted by Gasteiger charge is -2.24. The molecule has 1 fully saturated rings. The molecule has 1 aliphatic heterocycles. The summed E-state index contributed by atoms with van der Waals surface area (Å²) in [5.41, 5.74) is 4.12. The molecule has 1 atom stereocenters. The Labute approximate surface area is 202 Å². The number of nitrogens with one attached hydrogen (secondary N) is 2. The Morgan fingerprint density at radius 2 is 1.56 bits per heavy atom. The Balaban J connectivity index is 1.59. The van der Waals surface area contributed by atoms with Crippen LogP contribution in [0.15, 0.2) is 84.9 Å². The number of nitrogens with zero attached hydrogens (tertiary/aromatic N) is 2. The van der Waals surface area contributed by atoms with Crippen LogP contribution >= 0.6 is 12.2 Å². The Morgan fingerprint density at radius 3 is 2.24 bits per heavy atom. The maximum Gasteiger partial charge on any atom is 0.269 e. The number of carbonyl (C=O) groups excluding carboxylic acids is 3. The highest BCUT2D eigenvalue weighted by Crippen LogP contribution is 2.27. The van der Waals surface area contributed by atoms with Crippen LogP contribution in [-0.4, -0.2) is 41.0 Å². The molecule has 3 aromatic rings. The van der Waals surface area contributed by atoms with E-state index in [1.807, 2.05) is 6.07 Å². The fourth-order valence-corrected chi connectivity index (χ4v) is 3.97. The summed E-state index contributed by atoms with van der Waals surface area (Å²) < 4.78 is 5.27. The minimum absolute atomic E-state index is 0.0792. The minimum Gasteiger partial charge on any atom is -0.495 e. The molecule has 3 amide bonds. The molecule has 1 aliphatic rings. The van der Waals surface area contributed by atoms with E-state index >= 15 is 0 Å². The van der Waals surface area contributed by atoms with Crippen molar-refractivity contribution < 1.29 is 19.1 Å². The smallest absolute Gasteiger partial charge is 0.269 e. The third kappa shape index (κ3) is 4.74. The minimum atomic E-state index is -1.03. The van der Waals surface area contributed by atoms with E-state index in [1.54, 1.807) is 78.9 Å². The average molecular weight is 475 g/mol. The van der Waals surface area contributed by atoms with Gasteiger partial charge < -0.3 is 10.1 Å². The molecule has 1 unspecified atom stereocenters. The van der Waals surface area contributed by atoms with Crippen molar-refractivity contribution in [2.24, 2.45) is 0 Å². The van der Waals surface area contributed by atoms with Crippen molar-refractivity contribution in [3.05, 3.63) is 90.5 Å². The summed E-state index contributed by atoms with van der Waals surface area (Å²) in [6.45, 7) is 0. The maximum atomic E-state index is 13.4. The highest BCUT2D eigenvalue weighted by Gasteiger charge is 2.45. The van der Waals surface area contributed by atoms with E-state index in [0.717, 1.165) is 0 Å². The molecular formula is C25H22N4O4S. The monoisotopic (exact) mass is 474 g/mol. The molecule has 4 rings (SSSR count). The first-order chi connectivity index (χ1) is 16.5. The number of hydrogen-bond donors (Lipinski definition) is 2. The van der Waals surface area contributed by atoms with Gasteiger partial charge in [-0.1, -0.05) is 48.5 Å². The van der Waals surface area contributed by atoms with Crippen molar-refractivity contribution in [3.63, 3.8) is 0 Å². The molecule has 0 aromatic heterocycles. The molecular weight excluding hydrogens is 452 g/mol. The summed E-state index contributed by atoms with van der Waals surface area (Å²) in [6.07, 6.45) is -0.241. The number of thiocarbonyl (C=S) groups is 1. The average Bonchev–Trinajstić information content (AvgIpc) is 3.09. The normalized spacial score (nSPS) is 15.3. The molecule has 0 bridgehead atoms.